The standard InChI is InChI=1S/C17H16O2/c1-18-16-9-7-14(8-10-16)17-11-15(12-19-17)13-5-3-2-4-6-13/h2-3,5,7-12H,4,6H2,1H3. The summed E-state index contributed by atoms with van der Waals surface area (Å²) in [5, 5.41) is 0. The van der Waals surface area contributed by atoms with Gasteiger partial charge in [0, 0.05) is 11.1 Å². The Bertz CT molecular complexity index is 615. The van der Waals surface area contributed by atoms with Crippen LogP contribution in [0.15, 0.2) is 59.2 Å². The normalized spacial score (nSPS) is 14.3. The SMILES string of the molecule is COc1ccc(-c2cc(C3=CC=CCC3)co2)cc1. The summed E-state index contributed by atoms with van der Waals surface area (Å²) in [6.07, 6.45) is 10.5. The molecule has 0 amide bonds. The predicted molar refractivity (Wildman–Crippen MR) is 77.0 cm³/mol. The summed E-state index contributed by atoms with van der Waals surface area (Å²) in [5.41, 5.74) is 3.58. The van der Waals surface area contributed by atoms with Crippen molar-refractivity contribution in [3.63, 3.8) is 0 Å². The van der Waals surface area contributed by atoms with Gasteiger partial charge in [-0.2, -0.15) is 0 Å². The maximum Gasteiger partial charge on any atom is 0.134 e. The van der Waals surface area contributed by atoms with Crippen LogP contribution in [0.4, 0.5) is 0 Å². The second kappa shape index (κ2) is 5.19. The van der Waals surface area contributed by atoms with Crippen molar-refractivity contribution < 1.29 is 9.15 Å². The minimum absolute atomic E-state index is 0.857. The molecule has 0 spiro atoms. The first-order chi connectivity index (χ1) is 9.36. The number of benzene rings is 1. The molecule has 0 atom stereocenters. The van der Waals surface area contributed by atoms with Crippen LogP contribution in [0.5, 0.6) is 5.75 Å². The molecule has 0 bridgehead atoms. The van der Waals surface area contributed by atoms with Gasteiger partial charge in [0.1, 0.15) is 11.5 Å². The minimum Gasteiger partial charge on any atom is -0.497 e. The average molecular weight is 252 g/mol. The molecule has 0 radical (unpaired) electrons. The van der Waals surface area contributed by atoms with Gasteiger partial charge in [-0.05, 0) is 48.7 Å². The minimum atomic E-state index is 0.857. The first-order valence-corrected chi connectivity index (χ1v) is 6.46. The van der Waals surface area contributed by atoms with Crippen molar-refractivity contribution in [2.75, 3.05) is 7.11 Å². The molecule has 0 saturated carbocycles. The molecule has 19 heavy (non-hydrogen) atoms. The highest BCUT2D eigenvalue weighted by atomic mass is 16.5. The lowest BCUT2D eigenvalue weighted by Gasteiger charge is -2.05. The van der Waals surface area contributed by atoms with Gasteiger partial charge in [-0.15, -0.1) is 0 Å². The van der Waals surface area contributed by atoms with Gasteiger partial charge in [0.25, 0.3) is 0 Å². The molecule has 0 N–H and O–H groups in total. The van der Waals surface area contributed by atoms with Crippen molar-refractivity contribution in [1.29, 1.82) is 0 Å². The van der Waals surface area contributed by atoms with E-state index in [1.807, 2.05) is 30.5 Å². The Morgan fingerprint density at radius 2 is 1.95 bits per heavy atom. The maximum atomic E-state index is 5.67. The van der Waals surface area contributed by atoms with Gasteiger partial charge >= 0.3 is 0 Å². The van der Waals surface area contributed by atoms with Crippen molar-refractivity contribution in [2.45, 2.75) is 12.8 Å². The number of allylic oxidation sites excluding steroid dienone is 4. The summed E-state index contributed by atoms with van der Waals surface area (Å²) < 4.78 is 10.8. The van der Waals surface area contributed by atoms with Gasteiger partial charge in [0.05, 0.1) is 13.4 Å². The van der Waals surface area contributed by atoms with Gasteiger partial charge in [0.15, 0.2) is 0 Å². The Kier molecular flexibility index (Phi) is 3.23. The zero-order chi connectivity index (χ0) is 13.1. The molecule has 3 rings (SSSR count). The number of hydrogen-bond donors (Lipinski definition) is 0. The quantitative estimate of drug-likeness (QED) is 0.790. The van der Waals surface area contributed by atoms with E-state index in [1.54, 1.807) is 7.11 Å². The lowest BCUT2D eigenvalue weighted by Crippen LogP contribution is -1.84. The van der Waals surface area contributed by atoms with Crippen LogP contribution in [-0.4, -0.2) is 7.11 Å². The van der Waals surface area contributed by atoms with Crippen LogP contribution in [0.3, 0.4) is 0 Å². The third-order valence-electron chi connectivity index (χ3n) is 3.36. The molecule has 2 nitrogen and oxygen atoms in total. The molecule has 2 heteroatoms. The monoisotopic (exact) mass is 252 g/mol. The molecule has 0 saturated heterocycles. The lowest BCUT2D eigenvalue weighted by atomic mass is 9.99. The highest BCUT2D eigenvalue weighted by Gasteiger charge is 2.09. The maximum absolute atomic E-state index is 5.67. The number of furan rings is 1. The number of ether oxygens (including phenoxy) is 1. The first-order valence-electron chi connectivity index (χ1n) is 6.46. The summed E-state index contributed by atoms with van der Waals surface area (Å²) in [6.45, 7) is 0. The lowest BCUT2D eigenvalue weighted by molar-refractivity contribution is 0.415. The van der Waals surface area contributed by atoms with Crippen molar-refractivity contribution in [3.05, 3.63) is 60.4 Å². The van der Waals surface area contributed by atoms with Gasteiger partial charge < -0.3 is 9.15 Å². The second-order valence-corrected chi connectivity index (χ2v) is 4.59. The van der Waals surface area contributed by atoms with E-state index in [9.17, 15) is 0 Å². The molecule has 1 heterocycles. The van der Waals surface area contributed by atoms with Gasteiger partial charge in [-0.1, -0.05) is 18.2 Å². The fourth-order valence-corrected chi connectivity index (χ4v) is 2.25. The van der Waals surface area contributed by atoms with E-state index in [2.05, 4.69) is 24.3 Å². The third-order valence-corrected chi connectivity index (χ3v) is 3.36. The Morgan fingerprint density at radius 1 is 1.11 bits per heavy atom. The largest absolute Gasteiger partial charge is 0.497 e. The number of rotatable bonds is 3. The van der Waals surface area contributed by atoms with Crippen LogP contribution in [0.2, 0.25) is 0 Å². The van der Waals surface area contributed by atoms with Crippen LogP contribution in [0.25, 0.3) is 16.9 Å². The van der Waals surface area contributed by atoms with Crippen LogP contribution in [0, 0.1) is 0 Å². The summed E-state index contributed by atoms with van der Waals surface area (Å²) in [7, 11) is 1.67. The van der Waals surface area contributed by atoms with E-state index < -0.39 is 0 Å². The molecule has 1 aliphatic carbocycles. The van der Waals surface area contributed by atoms with Crippen molar-refractivity contribution >= 4 is 5.57 Å². The molecule has 0 fully saturated rings. The Morgan fingerprint density at radius 3 is 2.63 bits per heavy atom. The molecular formula is C17H16O2. The van der Waals surface area contributed by atoms with E-state index in [0.29, 0.717) is 0 Å². The molecule has 1 aromatic heterocycles. The van der Waals surface area contributed by atoms with E-state index in [0.717, 1.165) is 29.9 Å². The smallest absolute Gasteiger partial charge is 0.134 e. The van der Waals surface area contributed by atoms with Crippen LogP contribution >= 0.6 is 0 Å². The highest BCUT2D eigenvalue weighted by Crippen LogP contribution is 2.30. The van der Waals surface area contributed by atoms with Crippen molar-refractivity contribution in [2.24, 2.45) is 0 Å². The second-order valence-electron chi connectivity index (χ2n) is 4.59. The number of hydrogen-bond acceptors (Lipinski definition) is 2. The zero-order valence-corrected chi connectivity index (χ0v) is 10.9. The first kappa shape index (κ1) is 11.8. The Labute approximate surface area is 113 Å². The fourth-order valence-electron chi connectivity index (χ4n) is 2.25. The van der Waals surface area contributed by atoms with E-state index in [1.165, 1.54) is 11.1 Å². The topological polar surface area (TPSA) is 22.4 Å². The number of methoxy groups -OCH3 is 1. The Balaban J connectivity index is 1.87. The molecule has 0 aliphatic heterocycles. The fraction of sp³-hybridized carbons (Fsp3) is 0.176. The van der Waals surface area contributed by atoms with Gasteiger partial charge in [-0.25, -0.2) is 0 Å². The predicted octanol–water partition coefficient (Wildman–Crippen LogP) is 4.69. The van der Waals surface area contributed by atoms with Gasteiger partial charge in [-0.3, -0.25) is 0 Å². The van der Waals surface area contributed by atoms with Crippen LogP contribution in [-0.2, 0) is 0 Å². The van der Waals surface area contributed by atoms with Crippen LogP contribution in [0.1, 0.15) is 18.4 Å². The Hall–Kier alpha value is -2.22. The summed E-state index contributed by atoms with van der Waals surface area (Å²) in [4.78, 5) is 0. The molecule has 1 aliphatic rings. The third kappa shape index (κ3) is 2.48. The summed E-state index contributed by atoms with van der Waals surface area (Å²) in [6, 6.07) is 10.0. The molecule has 2 aromatic rings. The van der Waals surface area contributed by atoms with Gasteiger partial charge in [0.2, 0.25) is 0 Å². The molecule has 96 valence electrons. The van der Waals surface area contributed by atoms with Crippen LogP contribution < -0.4 is 4.74 Å². The molecule has 0 unspecified atom stereocenters. The van der Waals surface area contributed by atoms with E-state index >= 15 is 0 Å². The summed E-state index contributed by atoms with van der Waals surface area (Å²) >= 11 is 0. The molecule has 1 aromatic carbocycles. The highest BCUT2D eigenvalue weighted by molar-refractivity contribution is 5.71. The summed E-state index contributed by atoms with van der Waals surface area (Å²) in [5.74, 6) is 1.75. The van der Waals surface area contributed by atoms with Crippen molar-refractivity contribution in [1.82, 2.24) is 0 Å². The van der Waals surface area contributed by atoms with E-state index in [-0.39, 0.29) is 0 Å². The van der Waals surface area contributed by atoms with E-state index in [4.69, 9.17) is 9.15 Å². The zero-order valence-electron chi connectivity index (χ0n) is 10.9. The average Bonchev–Trinajstić information content (AvgIpc) is 2.98. The van der Waals surface area contributed by atoms with Crippen molar-refractivity contribution in [3.8, 4) is 17.1 Å². The molecular weight excluding hydrogens is 236 g/mol.